The molecule has 0 bridgehead atoms. The van der Waals surface area contributed by atoms with Gasteiger partial charge in [-0.3, -0.25) is 4.79 Å². The van der Waals surface area contributed by atoms with Crippen LogP contribution in [0.3, 0.4) is 0 Å². The van der Waals surface area contributed by atoms with Crippen LogP contribution in [0.2, 0.25) is 0 Å². The molecule has 1 aliphatic rings. The van der Waals surface area contributed by atoms with Crippen molar-refractivity contribution in [1.29, 1.82) is 0 Å². The standard InChI is InChI=1S/C15H13F2N3O2/c16-9-3-4-10(13(17)6-9)11-7-20(8-12(11)15(21)22)14-2-1-5-18-19-14/h1-6,11-12H,7-8H2,(H,21,22)/t11-,12?/m0/s1. The lowest BCUT2D eigenvalue weighted by Gasteiger charge is -2.17. The third-order valence-electron chi connectivity index (χ3n) is 3.88. The first kappa shape index (κ1) is 14.4. The van der Waals surface area contributed by atoms with Crippen LogP contribution in [0, 0.1) is 17.6 Å². The van der Waals surface area contributed by atoms with Crippen LogP contribution in [0.4, 0.5) is 14.6 Å². The third-order valence-corrected chi connectivity index (χ3v) is 3.88. The highest BCUT2D eigenvalue weighted by atomic mass is 19.1. The molecule has 0 radical (unpaired) electrons. The van der Waals surface area contributed by atoms with E-state index in [0.29, 0.717) is 5.82 Å². The molecule has 0 amide bonds. The number of anilines is 1. The monoisotopic (exact) mass is 305 g/mol. The third kappa shape index (κ3) is 2.61. The molecule has 5 nitrogen and oxygen atoms in total. The SMILES string of the molecule is O=C(O)C1CN(c2cccnn2)C[C@H]1c1ccc(F)cc1F. The number of benzene rings is 1. The Hall–Kier alpha value is -2.57. The Morgan fingerprint density at radius 3 is 2.73 bits per heavy atom. The quantitative estimate of drug-likeness (QED) is 0.940. The van der Waals surface area contributed by atoms with Crippen LogP contribution in [-0.4, -0.2) is 34.4 Å². The topological polar surface area (TPSA) is 66.3 Å². The minimum atomic E-state index is -1.01. The molecule has 1 aliphatic heterocycles. The van der Waals surface area contributed by atoms with E-state index in [-0.39, 0.29) is 18.7 Å². The molecule has 22 heavy (non-hydrogen) atoms. The Morgan fingerprint density at radius 2 is 2.09 bits per heavy atom. The van der Waals surface area contributed by atoms with E-state index >= 15 is 0 Å². The van der Waals surface area contributed by atoms with E-state index < -0.39 is 29.4 Å². The first-order valence-corrected chi connectivity index (χ1v) is 6.76. The lowest BCUT2D eigenvalue weighted by atomic mass is 9.88. The van der Waals surface area contributed by atoms with E-state index in [0.717, 1.165) is 12.1 Å². The number of aromatic nitrogens is 2. The molecule has 2 heterocycles. The average molecular weight is 305 g/mol. The van der Waals surface area contributed by atoms with Gasteiger partial charge in [-0.2, -0.15) is 5.10 Å². The molecule has 114 valence electrons. The highest BCUT2D eigenvalue weighted by Crippen LogP contribution is 2.36. The number of halogens is 2. The van der Waals surface area contributed by atoms with Crippen LogP contribution >= 0.6 is 0 Å². The molecule has 1 unspecified atom stereocenters. The number of carboxylic acids is 1. The highest BCUT2D eigenvalue weighted by Gasteiger charge is 2.40. The van der Waals surface area contributed by atoms with Crippen LogP contribution in [0.25, 0.3) is 0 Å². The maximum Gasteiger partial charge on any atom is 0.308 e. The van der Waals surface area contributed by atoms with Crippen molar-refractivity contribution in [3.8, 4) is 0 Å². The van der Waals surface area contributed by atoms with Crippen molar-refractivity contribution in [2.24, 2.45) is 5.92 Å². The van der Waals surface area contributed by atoms with Gasteiger partial charge in [-0.25, -0.2) is 8.78 Å². The number of rotatable bonds is 3. The fourth-order valence-corrected chi connectivity index (χ4v) is 2.82. The number of carboxylic acid groups (broad SMARTS) is 1. The Labute approximate surface area is 125 Å². The van der Waals surface area contributed by atoms with Gasteiger partial charge in [0.25, 0.3) is 0 Å². The van der Waals surface area contributed by atoms with Crippen molar-refractivity contribution in [3.05, 3.63) is 53.7 Å². The van der Waals surface area contributed by atoms with Crippen molar-refractivity contribution >= 4 is 11.8 Å². The maximum absolute atomic E-state index is 14.0. The Morgan fingerprint density at radius 1 is 1.27 bits per heavy atom. The predicted molar refractivity (Wildman–Crippen MR) is 74.5 cm³/mol. The van der Waals surface area contributed by atoms with Crippen molar-refractivity contribution in [1.82, 2.24) is 10.2 Å². The smallest absolute Gasteiger partial charge is 0.308 e. The molecule has 2 aromatic rings. The van der Waals surface area contributed by atoms with Crippen molar-refractivity contribution < 1.29 is 18.7 Å². The van der Waals surface area contributed by atoms with Gasteiger partial charge in [0.1, 0.15) is 11.6 Å². The molecule has 1 aromatic heterocycles. The van der Waals surface area contributed by atoms with Gasteiger partial charge in [-0.15, -0.1) is 5.10 Å². The summed E-state index contributed by atoms with van der Waals surface area (Å²) >= 11 is 0. The largest absolute Gasteiger partial charge is 0.481 e. The molecule has 0 aliphatic carbocycles. The van der Waals surface area contributed by atoms with E-state index in [4.69, 9.17) is 0 Å². The van der Waals surface area contributed by atoms with Crippen LogP contribution < -0.4 is 4.90 Å². The maximum atomic E-state index is 14.0. The van der Waals surface area contributed by atoms with Gasteiger partial charge in [0, 0.05) is 31.3 Å². The number of aliphatic carboxylic acids is 1. The minimum absolute atomic E-state index is 0.204. The molecule has 1 aromatic carbocycles. The minimum Gasteiger partial charge on any atom is -0.481 e. The van der Waals surface area contributed by atoms with E-state index in [1.165, 1.54) is 12.3 Å². The fraction of sp³-hybridized carbons (Fsp3) is 0.267. The predicted octanol–water partition coefficient (Wildman–Crippen LogP) is 2.06. The molecule has 0 saturated carbocycles. The van der Waals surface area contributed by atoms with Crippen LogP contribution in [0.5, 0.6) is 0 Å². The highest BCUT2D eigenvalue weighted by molar-refractivity contribution is 5.73. The molecule has 1 fully saturated rings. The molecule has 2 atom stereocenters. The van der Waals surface area contributed by atoms with Crippen molar-refractivity contribution in [2.45, 2.75) is 5.92 Å². The van der Waals surface area contributed by atoms with Crippen LogP contribution in [0.1, 0.15) is 11.5 Å². The lowest BCUT2D eigenvalue weighted by Crippen LogP contribution is -2.23. The summed E-state index contributed by atoms with van der Waals surface area (Å²) in [7, 11) is 0. The summed E-state index contributed by atoms with van der Waals surface area (Å²) in [5, 5.41) is 17.1. The molecule has 7 heteroatoms. The number of carbonyl (C=O) groups is 1. The Bertz CT molecular complexity index is 696. The Balaban J connectivity index is 1.94. The van der Waals surface area contributed by atoms with Gasteiger partial charge < -0.3 is 10.0 Å². The van der Waals surface area contributed by atoms with E-state index in [1.807, 2.05) is 0 Å². The molecular formula is C15H13F2N3O2. The molecule has 1 saturated heterocycles. The fourth-order valence-electron chi connectivity index (χ4n) is 2.82. The molecule has 0 spiro atoms. The summed E-state index contributed by atoms with van der Waals surface area (Å²) in [6, 6.07) is 6.65. The van der Waals surface area contributed by atoms with E-state index in [9.17, 15) is 18.7 Å². The normalized spacial score (nSPS) is 21.1. The number of hydrogen-bond acceptors (Lipinski definition) is 4. The van der Waals surface area contributed by atoms with Gasteiger partial charge in [0.2, 0.25) is 0 Å². The number of nitrogens with zero attached hydrogens (tertiary/aromatic N) is 3. The van der Waals surface area contributed by atoms with Gasteiger partial charge in [0.15, 0.2) is 5.82 Å². The van der Waals surface area contributed by atoms with Gasteiger partial charge in [0.05, 0.1) is 5.92 Å². The zero-order valence-corrected chi connectivity index (χ0v) is 11.5. The molecular weight excluding hydrogens is 292 g/mol. The Kier molecular flexibility index (Phi) is 3.70. The van der Waals surface area contributed by atoms with Gasteiger partial charge in [-0.05, 0) is 23.8 Å². The van der Waals surface area contributed by atoms with E-state index in [2.05, 4.69) is 10.2 Å². The molecule has 3 rings (SSSR count). The lowest BCUT2D eigenvalue weighted by molar-refractivity contribution is -0.141. The average Bonchev–Trinajstić information content (AvgIpc) is 2.93. The molecule has 1 N–H and O–H groups in total. The first-order chi connectivity index (χ1) is 10.6. The second-order valence-electron chi connectivity index (χ2n) is 5.20. The summed E-state index contributed by atoms with van der Waals surface area (Å²) in [6.45, 7) is 0.494. The summed E-state index contributed by atoms with van der Waals surface area (Å²) in [5.41, 5.74) is 0.209. The first-order valence-electron chi connectivity index (χ1n) is 6.76. The summed E-state index contributed by atoms with van der Waals surface area (Å²) in [4.78, 5) is 13.2. The second-order valence-corrected chi connectivity index (χ2v) is 5.20. The zero-order chi connectivity index (χ0) is 15.7. The summed E-state index contributed by atoms with van der Waals surface area (Å²) in [6.07, 6.45) is 1.52. The van der Waals surface area contributed by atoms with Crippen molar-refractivity contribution in [3.63, 3.8) is 0 Å². The van der Waals surface area contributed by atoms with Gasteiger partial charge >= 0.3 is 5.97 Å². The van der Waals surface area contributed by atoms with Gasteiger partial charge in [-0.1, -0.05) is 6.07 Å². The summed E-state index contributed by atoms with van der Waals surface area (Å²) < 4.78 is 27.0. The number of hydrogen-bond donors (Lipinski definition) is 1. The van der Waals surface area contributed by atoms with Crippen molar-refractivity contribution in [2.75, 3.05) is 18.0 Å². The van der Waals surface area contributed by atoms with Crippen LogP contribution in [-0.2, 0) is 4.79 Å². The van der Waals surface area contributed by atoms with E-state index in [1.54, 1.807) is 17.0 Å². The second kappa shape index (κ2) is 5.67. The zero-order valence-electron chi connectivity index (χ0n) is 11.5. The van der Waals surface area contributed by atoms with Crippen LogP contribution in [0.15, 0.2) is 36.5 Å². The summed E-state index contributed by atoms with van der Waals surface area (Å²) in [5.74, 6) is -3.24.